The van der Waals surface area contributed by atoms with Crippen LogP contribution in [0, 0.1) is 0 Å². The summed E-state index contributed by atoms with van der Waals surface area (Å²) in [5, 5.41) is 6.35. The van der Waals surface area contributed by atoms with Gasteiger partial charge in [0.15, 0.2) is 11.6 Å². The summed E-state index contributed by atoms with van der Waals surface area (Å²) in [6.45, 7) is 4.05. The van der Waals surface area contributed by atoms with Crippen LogP contribution in [-0.2, 0) is 0 Å². The molecule has 20 heavy (non-hydrogen) atoms. The molecular weight excluding hydrogens is 254 g/mol. The molecule has 1 aromatic heterocycles. The maximum atomic E-state index is 6.07. The number of nitrogens with two attached hydrogens (primary N) is 1. The van der Waals surface area contributed by atoms with Crippen LogP contribution in [0.5, 0.6) is 5.75 Å². The molecule has 0 amide bonds. The molecule has 0 saturated heterocycles. The lowest BCUT2D eigenvalue weighted by atomic mass is 10.3. The van der Waals surface area contributed by atoms with Gasteiger partial charge in [-0.2, -0.15) is 0 Å². The summed E-state index contributed by atoms with van der Waals surface area (Å²) in [5.74, 6) is 1.96. The molecule has 6 nitrogen and oxygen atoms in total. The lowest BCUT2D eigenvalue weighted by molar-refractivity contribution is 0.415. The Hall–Kier alpha value is -2.50. The molecule has 0 bridgehead atoms. The fraction of sp³-hybridized carbons (Fsp3) is 0.286. The number of hydrogen-bond acceptors (Lipinski definition) is 6. The van der Waals surface area contributed by atoms with E-state index in [1.807, 2.05) is 38.1 Å². The molecule has 0 radical (unpaired) electrons. The zero-order chi connectivity index (χ0) is 14.5. The fourth-order valence-corrected chi connectivity index (χ4v) is 1.72. The quantitative estimate of drug-likeness (QED) is 0.776. The minimum atomic E-state index is 0.247. The Morgan fingerprint density at radius 2 is 1.95 bits per heavy atom. The number of benzene rings is 1. The van der Waals surface area contributed by atoms with Crippen LogP contribution in [0.4, 0.5) is 23.0 Å². The number of nitrogens with one attached hydrogen (secondary N) is 2. The Morgan fingerprint density at radius 3 is 2.65 bits per heavy atom. The average Bonchev–Trinajstić information content (AvgIpc) is 2.43. The Morgan fingerprint density at radius 1 is 1.20 bits per heavy atom. The second-order valence-corrected chi connectivity index (χ2v) is 4.64. The van der Waals surface area contributed by atoms with Crippen LogP contribution in [0.1, 0.15) is 13.8 Å². The molecule has 1 heterocycles. The SMILES string of the molecule is COc1cccc(Nc2ncnc(NC(C)C)c2N)c1. The fourth-order valence-electron chi connectivity index (χ4n) is 1.72. The first-order valence-corrected chi connectivity index (χ1v) is 6.38. The molecule has 0 saturated carbocycles. The molecule has 0 aliphatic carbocycles. The van der Waals surface area contributed by atoms with Gasteiger partial charge in [0.25, 0.3) is 0 Å². The van der Waals surface area contributed by atoms with Gasteiger partial charge in [0.1, 0.15) is 17.8 Å². The van der Waals surface area contributed by atoms with E-state index in [1.54, 1.807) is 7.11 Å². The first kappa shape index (κ1) is 13.9. The second-order valence-electron chi connectivity index (χ2n) is 4.64. The van der Waals surface area contributed by atoms with Crippen LogP contribution in [0.2, 0.25) is 0 Å². The Balaban J connectivity index is 2.24. The molecule has 0 spiro atoms. The minimum absolute atomic E-state index is 0.247. The van der Waals surface area contributed by atoms with Crippen molar-refractivity contribution in [3.05, 3.63) is 30.6 Å². The molecule has 0 aliphatic heterocycles. The number of anilines is 4. The molecule has 2 aromatic rings. The Labute approximate surface area is 118 Å². The summed E-state index contributed by atoms with van der Waals surface area (Å²) in [4.78, 5) is 8.31. The van der Waals surface area contributed by atoms with Crippen molar-refractivity contribution in [3.63, 3.8) is 0 Å². The standard InChI is InChI=1S/C14H19N5O/c1-9(2)18-13-12(15)14(17-8-16-13)19-10-5-4-6-11(7-10)20-3/h4-9H,15H2,1-3H3,(H2,16,17,18,19). The van der Waals surface area contributed by atoms with Crippen molar-refractivity contribution in [1.82, 2.24) is 9.97 Å². The molecule has 1 aromatic carbocycles. The van der Waals surface area contributed by atoms with E-state index in [0.29, 0.717) is 17.3 Å². The van der Waals surface area contributed by atoms with Crippen molar-refractivity contribution in [1.29, 1.82) is 0 Å². The van der Waals surface area contributed by atoms with E-state index in [1.165, 1.54) is 6.33 Å². The zero-order valence-corrected chi connectivity index (χ0v) is 11.8. The smallest absolute Gasteiger partial charge is 0.159 e. The third kappa shape index (κ3) is 3.28. The van der Waals surface area contributed by atoms with Crippen molar-refractivity contribution >= 4 is 23.0 Å². The summed E-state index contributed by atoms with van der Waals surface area (Å²) in [6, 6.07) is 7.81. The number of ether oxygens (including phenoxy) is 1. The van der Waals surface area contributed by atoms with Gasteiger partial charge in [-0.1, -0.05) is 6.07 Å². The number of hydrogen-bond donors (Lipinski definition) is 3. The number of nitrogen functional groups attached to an aromatic ring is 1. The number of rotatable bonds is 5. The molecule has 106 valence electrons. The first-order valence-electron chi connectivity index (χ1n) is 6.38. The van der Waals surface area contributed by atoms with Crippen molar-refractivity contribution in [3.8, 4) is 5.75 Å². The van der Waals surface area contributed by atoms with Gasteiger partial charge in [-0.3, -0.25) is 0 Å². The largest absolute Gasteiger partial charge is 0.497 e. The van der Waals surface area contributed by atoms with Gasteiger partial charge in [-0.05, 0) is 26.0 Å². The van der Waals surface area contributed by atoms with E-state index in [4.69, 9.17) is 10.5 Å². The van der Waals surface area contributed by atoms with E-state index >= 15 is 0 Å². The molecule has 0 atom stereocenters. The third-order valence-corrected chi connectivity index (χ3v) is 2.64. The van der Waals surface area contributed by atoms with Crippen molar-refractivity contribution in [2.75, 3.05) is 23.5 Å². The van der Waals surface area contributed by atoms with Gasteiger partial charge < -0.3 is 21.1 Å². The van der Waals surface area contributed by atoms with Gasteiger partial charge in [0.2, 0.25) is 0 Å². The predicted molar refractivity (Wildman–Crippen MR) is 81.5 cm³/mol. The van der Waals surface area contributed by atoms with E-state index in [9.17, 15) is 0 Å². The monoisotopic (exact) mass is 273 g/mol. The normalized spacial score (nSPS) is 10.4. The van der Waals surface area contributed by atoms with Crippen molar-refractivity contribution in [2.45, 2.75) is 19.9 Å². The van der Waals surface area contributed by atoms with E-state index < -0.39 is 0 Å². The van der Waals surface area contributed by atoms with Crippen LogP contribution in [0.25, 0.3) is 0 Å². The van der Waals surface area contributed by atoms with Gasteiger partial charge >= 0.3 is 0 Å². The summed E-state index contributed by atoms with van der Waals surface area (Å²) in [5.41, 5.74) is 7.41. The molecule has 4 N–H and O–H groups in total. The molecule has 6 heteroatoms. The number of methoxy groups -OCH3 is 1. The highest BCUT2D eigenvalue weighted by molar-refractivity contribution is 5.77. The van der Waals surface area contributed by atoms with Crippen LogP contribution >= 0.6 is 0 Å². The average molecular weight is 273 g/mol. The number of nitrogens with zero attached hydrogens (tertiary/aromatic N) is 2. The van der Waals surface area contributed by atoms with Gasteiger partial charge in [-0.15, -0.1) is 0 Å². The van der Waals surface area contributed by atoms with Crippen LogP contribution in [0.15, 0.2) is 30.6 Å². The molecule has 2 rings (SSSR count). The first-order chi connectivity index (χ1) is 9.60. The zero-order valence-electron chi connectivity index (χ0n) is 11.8. The lowest BCUT2D eigenvalue weighted by Crippen LogP contribution is -2.14. The number of aromatic nitrogens is 2. The van der Waals surface area contributed by atoms with Gasteiger partial charge in [-0.25, -0.2) is 9.97 Å². The maximum Gasteiger partial charge on any atom is 0.159 e. The summed E-state index contributed by atoms with van der Waals surface area (Å²) >= 11 is 0. The van der Waals surface area contributed by atoms with E-state index in [0.717, 1.165) is 11.4 Å². The summed E-state index contributed by atoms with van der Waals surface area (Å²) in [6.07, 6.45) is 1.48. The van der Waals surface area contributed by atoms with Crippen LogP contribution in [-0.4, -0.2) is 23.1 Å². The van der Waals surface area contributed by atoms with Gasteiger partial charge in [0, 0.05) is 17.8 Å². The van der Waals surface area contributed by atoms with E-state index in [-0.39, 0.29) is 6.04 Å². The van der Waals surface area contributed by atoms with Gasteiger partial charge in [0.05, 0.1) is 7.11 Å². The topological polar surface area (TPSA) is 85.1 Å². The molecule has 0 fully saturated rings. The lowest BCUT2D eigenvalue weighted by Gasteiger charge is -2.14. The second kappa shape index (κ2) is 6.10. The highest BCUT2D eigenvalue weighted by Gasteiger charge is 2.09. The van der Waals surface area contributed by atoms with Crippen LogP contribution in [0.3, 0.4) is 0 Å². The highest BCUT2D eigenvalue weighted by atomic mass is 16.5. The summed E-state index contributed by atoms with van der Waals surface area (Å²) < 4.78 is 5.18. The van der Waals surface area contributed by atoms with Crippen LogP contribution < -0.4 is 21.1 Å². The maximum absolute atomic E-state index is 6.07. The van der Waals surface area contributed by atoms with Crippen molar-refractivity contribution in [2.24, 2.45) is 0 Å². The van der Waals surface area contributed by atoms with Crippen molar-refractivity contribution < 1.29 is 4.74 Å². The van der Waals surface area contributed by atoms with E-state index in [2.05, 4.69) is 20.6 Å². The predicted octanol–water partition coefficient (Wildman–Crippen LogP) is 2.63. The summed E-state index contributed by atoms with van der Waals surface area (Å²) in [7, 11) is 1.63. The third-order valence-electron chi connectivity index (χ3n) is 2.64. The Bertz CT molecular complexity index is 586. The Kier molecular flexibility index (Phi) is 4.24. The molecule has 0 unspecified atom stereocenters. The minimum Gasteiger partial charge on any atom is -0.497 e. The highest BCUT2D eigenvalue weighted by Crippen LogP contribution is 2.27. The molecule has 0 aliphatic rings. The molecular formula is C14H19N5O.